The Morgan fingerprint density at radius 3 is 3.24 bits per heavy atom. The van der Waals surface area contributed by atoms with Crippen LogP contribution in [0.15, 0.2) is 40.8 Å². The molecule has 1 aliphatic heterocycles. The van der Waals surface area contributed by atoms with Crippen LogP contribution in [0.5, 0.6) is 5.75 Å². The molecule has 0 spiro atoms. The zero-order valence-electron chi connectivity index (χ0n) is 11.7. The lowest BCUT2D eigenvalue weighted by atomic mass is 10.0. The van der Waals surface area contributed by atoms with E-state index in [1.54, 1.807) is 11.3 Å². The summed E-state index contributed by atoms with van der Waals surface area (Å²) in [5.74, 6) is 1.41. The van der Waals surface area contributed by atoms with E-state index < -0.39 is 0 Å². The molecule has 0 amide bonds. The Balaban J connectivity index is 1.59. The van der Waals surface area contributed by atoms with Crippen LogP contribution in [0.2, 0.25) is 0 Å². The summed E-state index contributed by atoms with van der Waals surface area (Å²) >= 11 is 1.64. The molecule has 110 valence electrons. The van der Waals surface area contributed by atoms with Crippen molar-refractivity contribution in [1.82, 2.24) is 10.3 Å². The van der Waals surface area contributed by atoms with E-state index in [-0.39, 0.29) is 6.04 Å². The molecule has 1 unspecified atom stereocenters. The highest BCUT2D eigenvalue weighted by molar-refractivity contribution is 7.09. The molecular formula is C15H18N4OS. The van der Waals surface area contributed by atoms with E-state index in [0.29, 0.717) is 19.1 Å². The Morgan fingerprint density at radius 1 is 1.48 bits per heavy atom. The van der Waals surface area contributed by atoms with Crippen LogP contribution in [0, 0.1) is 0 Å². The van der Waals surface area contributed by atoms with Crippen LogP contribution in [0.4, 0.5) is 0 Å². The molecule has 3 N–H and O–H groups in total. The van der Waals surface area contributed by atoms with Crippen LogP contribution >= 0.6 is 11.3 Å². The number of hydrogen-bond donors (Lipinski definition) is 2. The van der Waals surface area contributed by atoms with E-state index in [1.807, 2.05) is 29.8 Å². The Labute approximate surface area is 127 Å². The summed E-state index contributed by atoms with van der Waals surface area (Å²) in [5.41, 5.74) is 7.12. The molecule has 0 saturated carbocycles. The molecule has 5 nitrogen and oxygen atoms in total. The van der Waals surface area contributed by atoms with Gasteiger partial charge in [0.15, 0.2) is 5.96 Å². The summed E-state index contributed by atoms with van der Waals surface area (Å²) in [6.45, 7) is 1.35. The number of nitrogens with zero attached hydrogens (tertiary/aromatic N) is 2. The summed E-state index contributed by atoms with van der Waals surface area (Å²) in [7, 11) is 0. The second-order valence-electron chi connectivity index (χ2n) is 4.81. The highest BCUT2D eigenvalue weighted by Gasteiger charge is 2.21. The highest BCUT2D eigenvalue weighted by atomic mass is 32.1. The summed E-state index contributed by atoms with van der Waals surface area (Å²) in [4.78, 5) is 8.61. The monoisotopic (exact) mass is 302 g/mol. The van der Waals surface area contributed by atoms with Crippen LogP contribution < -0.4 is 15.8 Å². The fraction of sp³-hybridized carbons (Fsp3) is 0.333. The molecule has 0 aliphatic carbocycles. The topological polar surface area (TPSA) is 72.5 Å². The number of para-hydroxylation sites is 1. The summed E-state index contributed by atoms with van der Waals surface area (Å²) in [6.07, 6.45) is 3.52. The second-order valence-corrected chi connectivity index (χ2v) is 5.79. The smallest absolute Gasteiger partial charge is 0.189 e. The molecule has 0 saturated heterocycles. The summed E-state index contributed by atoms with van der Waals surface area (Å²) in [5, 5.41) is 6.34. The van der Waals surface area contributed by atoms with Crippen molar-refractivity contribution in [2.24, 2.45) is 10.7 Å². The van der Waals surface area contributed by atoms with Crippen molar-refractivity contribution in [3.05, 3.63) is 46.4 Å². The molecule has 1 atom stereocenters. The fourth-order valence-corrected chi connectivity index (χ4v) is 2.97. The van der Waals surface area contributed by atoms with Crippen LogP contribution in [-0.2, 0) is 6.42 Å². The van der Waals surface area contributed by atoms with Crippen molar-refractivity contribution in [1.29, 1.82) is 0 Å². The Bertz CT molecular complexity index is 612. The molecule has 2 heterocycles. The van der Waals surface area contributed by atoms with Crippen LogP contribution in [-0.4, -0.2) is 24.1 Å². The van der Waals surface area contributed by atoms with E-state index in [9.17, 15) is 0 Å². The molecule has 2 aromatic rings. The quantitative estimate of drug-likeness (QED) is 0.670. The standard InChI is InChI=1S/C15H18N4OS/c16-15(18-7-5-14-17-8-10-21-14)19-12-6-9-20-13-4-2-1-3-11(12)13/h1-4,8,10,12H,5-7,9H2,(H3,16,18,19). The SMILES string of the molecule is NC(=NCCc1nccs1)NC1CCOc2ccccc21. The van der Waals surface area contributed by atoms with Gasteiger partial charge in [0.2, 0.25) is 0 Å². The van der Waals surface area contributed by atoms with Crippen LogP contribution in [0.1, 0.15) is 23.0 Å². The van der Waals surface area contributed by atoms with Gasteiger partial charge in [0, 0.05) is 36.5 Å². The van der Waals surface area contributed by atoms with Gasteiger partial charge in [-0.05, 0) is 6.07 Å². The van der Waals surface area contributed by atoms with Gasteiger partial charge in [-0.15, -0.1) is 11.3 Å². The summed E-state index contributed by atoms with van der Waals surface area (Å²) in [6, 6.07) is 8.21. The van der Waals surface area contributed by atoms with Crippen molar-refractivity contribution in [2.75, 3.05) is 13.2 Å². The third kappa shape index (κ3) is 3.52. The normalized spacial score (nSPS) is 17.9. The molecular weight excluding hydrogens is 284 g/mol. The first-order valence-electron chi connectivity index (χ1n) is 6.99. The Kier molecular flexibility index (Phi) is 4.35. The lowest BCUT2D eigenvalue weighted by Gasteiger charge is -2.26. The predicted molar refractivity (Wildman–Crippen MR) is 84.7 cm³/mol. The van der Waals surface area contributed by atoms with Gasteiger partial charge >= 0.3 is 0 Å². The average Bonchev–Trinajstić information content (AvgIpc) is 3.01. The minimum Gasteiger partial charge on any atom is -0.493 e. The number of aliphatic imine (C=N–C) groups is 1. The van der Waals surface area contributed by atoms with Crippen molar-refractivity contribution < 1.29 is 4.74 Å². The lowest BCUT2D eigenvalue weighted by molar-refractivity contribution is 0.262. The first-order chi connectivity index (χ1) is 10.3. The highest BCUT2D eigenvalue weighted by Crippen LogP contribution is 2.31. The molecule has 1 aromatic carbocycles. The molecule has 1 aliphatic rings. The molecule has 21 heavy (non-hydrogen) atoms. The van der Waals surface area contributed by atoms with Gasteiger partial charge in [0.05, 0.1) is 17.7 Å². The largest absolute Gasteiger partial charge is 0.493 e. The van der Waals surface area contributed by atoms with Crippen molar-refractivity contribution in [2.45, 2.75) is 18.9 Å². The maximum Gasteiger partial charge on any atom is 0.189 e. The predicted octanol–water partition coefficient (Wildman–Crippen LogP) is 2.11. The number of nitrogens with one attached hydrogen (secondary N) is 1. The van der Waals surface area contributed by atoms with Gasteiger partial charge in [0.25, 0.3) is 0 Å². The molecule has 0 bridgehead atoms. The lowest BCUT2D eigenvalue weighted by Crippen LogP contribution is -2.37. The van der Waals surface area contributed by atoms with Crippen LogP contribution in [0.25, 0.3) is 0 Å². The third-order valence-corrected chi connectivity index (χ3v) is 4.21. The zero-order chi connectivity index (χ0) is 14.5. The second kappa shape index (κ2) is 6.58. The molecule has 0 fully saturated rings. The van der Waals surface area contributed by atoms with E-state index in [2.05, 4.69) is 21.4 Å². The van der Waals surface area contributed by atoms with Crippen LogP contribution in [0.3, 0.4) is 0 Å². The van der Waals surface area contributed by atoms with E-state index >= 15 is 0 Å². The van der Waals surface area contributed by atoms with Crippen molar-refractivity contribution >= 4 is 17.3 Å². The minimum atomic E-state index is 0.165. The van der Waals surface area contributed by atoms with E-state index in [0.717, 1.165) is 29.2 Å². The first kappa shape index (κ1) is 13.9. The maximum atomic E-state index is 5.98. The van der Waals surface area contributed by atoms with Gasteiger partial charge < -0.3 is 15.8 Å². The number of hydrogen-bond acceptors (Lipinski definition) is 4. The third-order valence-electron chi connectivity index (χ3n) is 3.37. The van der Waals surface area contributed by atoms with Gasteiger partial charge in [-0.25, -0.2) is 4.98 Å². The average molecular weight is 302 g/mol. The number of nitrogens with two attached hydrogens (primary N) is 1. The number of aromatic nitrogens is 1. The minimum absolute atomic E-state index is 0.165. The van der Waals surface area contributed by atoms with Gasteiger partial charge in [-0.2, -0.15) is 0 Å². The van der Waals surface area contributed by atoms with Crippen molar-refractivity contribution in [3.8, 4) is 5.75 Å². The number of fused-ring (bicyclic) bond motifs is 1. The molecule has 0 radical (unpaired) electrons. The molecule has 3 rings (SSSR count). The van der Waals surface area contributed by atoms with E-state index in [4.69, 9.17) is 10.5 Å². The Hall–Kier alpha value is -2.08. The van der Waals surface area contributed by atoms with Crippen molar-refractivity contribution in [3.63, 3.8) is 0 Å². The number of thiazole rings is 1. The number of guanidine groups is 1. The van der Waals surface area contributed by atoms with Gasteiger partial charge in [-0.1, -0.05) is 18.2 Å². The first-order valence-corrected chi connectivity index (χ1v) is 7.87. The van der Waals surface area contributed by atoms with E-state index in [1.165, 1.54) is 0 Å². The van der Waals surface area contributed by atoms with Gasteiger partial charge in [-0.3, -0.25) is 4.99 Å². The number of ether oxygens (including phenoxy) is 1. The zero-order valence-corrected chi connectivity index (χ0v) is 12.5. The number of benzene rings is 1. The van der Waals surface area contributed by atoms with Gasteiger partial charge in [0.1, 0.15) is 5.75 Å². The summed E-state index contributed by atoms with van der Waals surface area (Å²) < 4.78 is 5.64. The molecule has 6 heteroatoms. The number of rotatable bonds is 4. The Morgan fingerprint density at radius 2 is 2.38 bits per heavy atom. The molecule has 1 aromatic heterocycles. The fourth-order valence-electron chi connectivity index (χ4n) is 2.36. The maximum absolute atomic E-state index is 5.98.